The normalized spacial score (nSPS) is 28.5. The number of aliphatic hydroxyl groups excluding tert-OH is 1. The zero-order chi connectivity index (χ0) is 15.5. The maximum Gasteiger partial charge on any atom is 0.157 e. The van der Waals surface area contributed by atoms with Crippen LogP contribution in [0.4, 0.5) is 0 Å². The number of hydrogen-bond acceptors (Lipinski definition) is 3. The van der Waals surface area contributed by atoms with E-state index in [1.54, 1.807) is 0 Å². The van der Waals surface area contributed by atoms with Gasteiger partial charge in [-0.25, -0.2) is 0 Å². The predicted octanol–water partition coefficient (Wildman–Crippen LogP) is 4.81. The minimum Gasteiger partial charge on any atom is -0.396 e. The molecule has 0 aromatic heterocycles. The third kappa shape index (κ3) is 6.55. The Hall–Kier alpha value is -0.120. The molecule has 0 aromatic rings. The molecule has 1 aliphatic carbocycles. The summed E-state index contributed by atoms with van der Waals surface area (Å²) in [5, 5.41) is 10.1. The lowest BCUT2D eigenvalue weighted by Gasteiger charge is -2.34. The molecule has 0 bridgehead atoms. The fraction of sp³-hybridized carbons (Fsp3) is 1.00. The average Bonchev–Trinajstić information content (AvgIpc) is 2.56. The van der Waals surface area contributed by atoms with Gasteiger partial charge in [-0.1, -0.05) is 57.8 Å². The van der Waals surface area contributed by atoms with Crippen molar-refractivity contribution in [3.63, 3.8) is 0 Å². The van der Waals surface area contributed by atoms with Gasteiger partial charge in [0.2, 0.25) is 0 Å². The van der Waals surface area contributed by atoms with E-state index >= 15 is 0 Å². The van der Waals surface area contributed by atoms with Gasteiger partial charge in [0.15, 0.2) is 6.29 Å². The molecule has 0 aromatic carbocycles. The monoisotopic (exact) mass is 312 g/mol. The molecule has 3 heteroatoms. The van der Waals surface area contributed by atoms with Crippen LogP contribution in [-0.2, 0) is 9.47 Å². The third-order valence-electron chi connectivity index (χ3n) is 5.46. The summed E-state index contributed by atoms with van der Waals surface area (Å²) < 4.78 is 11.8. The maximum absolute atomic E-state index is 10.1. The van der Waals surface area contributed by atoms with Gasteiger partial charge in [0, 0.05) is 12.0 Å². The van der Waals surface area contributed by atoms with Crippen molar-refractivity contribution in [2.75, 3.05) is 19.8 Å². The molecule has 2 rings (SSSR count). The SMILES string of the molecule is OCC1(COC2CCCCO2)CCCCCCCCCCC1. The van der Waals surface area contributed by atoms with E-state index in [1.165, 1.54) is 64.2 Å². The molecule has 0 radical (unpaired) electrons. The van der Waals surface area contributed by atoms with Gasteiger partial charge in [0.25, 0.3) is 0 Å². The summed E-state index contributed by atoms with van der Waals surface area (Å²) in [5.41, 5.74) is -0.0278. The Kier molecular flexibility index (Phi) is 8.79. The van der Waals surface area contributed by atoms with Gasteiger partial charge in [-0.2, -0.15) is 0 Å². The van der Waals surface area contributed by atoms with Crippen molar-refractivity contribution in [2.45, 2.75) is 96.2 Å². The number of ether oxygens (including phenoxy) is 2. The van der Waals surface area contributed by atoms with E-state index in [-0.39, 0.29) is 18.3 Å². The molecule has 1 saturated carbocycles. The van der Waals surface area contributed by atoms with Crippen LogP contribution in [0.15, 0.2) is 0 Å². The largest absolute Gasteiger partial charge is 0.396 e. The van der Waals surface area contributed by atoms with E-state index in [0.717, 1.165) is 32.3 Å². The first kappa shape index (κ1) is 18.2. The fourth-order valence-corrected chi connectivity index (χ4v) is 3.82. The highest BCUT2D eigenvalue weighted by molar-refractivity contribution is 4.79. The Labute approximate surface area is 136 Å². The van der Waals surface area contributed by atoms with Crippen LogP contribution >= 0.6 is 0 Å². The summed E-state index contributed by atoms with van der Waals surface area (Å²) >= 11 is 0. The van der Waals surface area contributed by atoms with Crippen LogP contribution in [-0.4, -0.2) is 31.2 Å². The van der Waals surface area contributed by atoms with Crippen molar-refractivity contribution in [3.8, 4) is 0 Å². The van der Waals surface area contributed by atoms with Crippen LogP contribution in [0.5, 0.6) is 0 Å². The highest BCUT2D eigenvalue weighted by Crippen LogP contribution is 2.33. The molecule has 0 spiro atoms. The molecule has 2 fully saturated rings. The van der Waals surface area contributed by atoms with Crippen LogP contribution in [0.25, 0.3) is 0 Å². The van der Waals surface area contributed by atoms with E-state index in [9.17, 15) is 5.11 Å². The van der Waals surface area contributed by atoms with Gasteiger partial charge < -0.3 is 14.6 Å². The standard InChI is InChI=1S/C19H36O3/c20-16-19(17-22-18-12-8-11-15-21-18)13-9-6-4-2-1-3-5-7-10-14-19/h18,20H,1-17H2. The second-order valence-electron chi connectivity index (χ2n) is 7.45. The molecule has 22 heavy (non-hydrogen) atoms. The fourth-order valence-electron chi connectivity index (χ4n) is 3.82. The Balaban J connectivity index is 1.83. The highest BCUT2D eigenvalue weighted by atomic mass is 16.7. The summed E-state index contributed by atoms with van der Waals surface area (Å²) in [6.45, 7) is 1.77. The molecular formula is C19H36O3. The number of rotatable bonds is 4. The minimum absolute atomic E-state index is 0.0278. The van der Waals surface area contributed by atoms with E-state index in [2.05, 4.69) is 0 Å². The smallest absolute Gasteiger partial charge is 0.157 e. The summed E-state index contributed by atoms with van der Waals surface area (Å²) in [5.74, 6) is 0. The maximum atomic E-state index is 10.1. The molecule has 1 unspecified atom stereocenters. The van der Waals surface area contributed by atoms with Crippen LogP contribution in [0.1, 0.15) is 89.9 Å². The number of aliphatic hydroxyl groups is 1. The summed E-state index contributed by atoms with van der Waals surface area (Å²) in [7, 11) is 0. The molecule has 130 valence electrons. The molecule has 1 aliphatic heterocycles. The summed E-state index contributed by atoms with van der Waals surface area (Å²) in [4.78, 5) is 0. The molecule has 1 heterocycles. The van der Waals surface area contributed by atoms with Crippen molar-refractivity contribution < 1.29 is 14.6 Å². The molecule has 1 atom stereocenters. The van der Waals surface area contributed by atoms with Gasteiger partial charge in [-0.05, 0) is 32.1 Å². The lowest BCUT2D eigenvalue weighted by Crippen LogP contribution is -2.35. The van der Waals surface area contributed by atoms with E-state index < -0.39 is 0 Å². The van der Waals surface area contributed by atoms with Crippen molar-refractivity contribution >= 4 is 0 Å². The summed E-state index contributed by atoms with van der Waals surface area (Å²) in [6.07, 6.45) is 17.5. The first-order valence-electron chi connectivity index (χ1n) is 9.69. The van der Waals surface area contributed by atoms with Gasteiger partial charge in [-0.3, -0.25) is 0 Å². The summed E-state index contributed by atoms with van der Waals surface area (Å²) in [6, 6.07) is 0. The quantitative estimate of drug-likeness (QED) is 0.809. The minimum atomic E-state index is -0.0291. The Morgan fingerprint density at radius 3 is 1.91 bits per heavy atom. The zero-order valence-electron chi connectivity index (χ0n) is 14.4. The van der Waals surface area contributed by atoms with Gasteiger partial charge >= 0.3 is 0 Å². The lowest BCUT2D eigenvalue weighted by molar-refractivity contribution is -0.184. The highest BCUT2D eigenvalue weighted by Gasteiger charge is 2.30. The van der Waals surface area contributed by atoms with Crippen molar-refractivity contribution in [3.05, 3.63) is 0 Å². The van der Waals surface area contributed by atoms with Crippen molar-refractivity contribution in [1.29, 1.82) is 0 Å². The molecular weight excluding hydrogens is 276 g/mol. The van der Waals surface area contributed by atoms with Gasteiger partial charge in [0.1, 0.15) is 0 Å². The van der Waals surface area contributed by atoms with E-state index in [1.807, 2.05) is 0 Å². The topological polar surface area (TPSA) is 38.7 Å². The van der Waals surface area contributed by atoms with Crippen LogP contribution in [0, 0.1) is 5.41 Å². The predicted molar refractivity (Wildman–Crippen MR) is 89.8 cm³/mol. The second kappa shape index (κ2) is 10.6. The molecule has 1 N–H and O–H groups in total. The van der Waals surface area contributed by atoms with E-state index in [0.29, 0.717) is 6.61 Å². The Morgan fingerprint density at radius 2 is 1.41 bits per heavy atom. The van der Waals surface area contributed by atoms with Crippen molar-refractivity contribution in [2.24, 2.45) is 5.41 Å². The Bertz CT molecular complexity index is 262. The third-order valence-corrected chi connectivity index (χ3v) is 5.46. The van der Waals surface area contributed by atoms with Crippen LogP contribution in [0.3, 0.4) is 0 Å². The Morgan fingerprint density at radius 1 is 0.818 bits per heavy atom. The van der Waals surface area contributed by atoms with Crippen molar-refractivity contribution in [1.82, 2.24) is 0 Å². The van der Waals surface area contributed by atoms with E-state index in [4.69, 9.17) is 9.47 Å². The molecule has 0 amide bonds. The van der Waals surface area contributed by atoms with Gasteiger partial charge in [-0.15, -0.1) is 0 Å². The lowest BCUT2D eigenvalue weighted by atomic mass is 9.79. The molecule has 1 saturated heterocycles. The second-order valence-corrected chi connectivity index (χ2v) is 7.45. The number of hydrogen-bond donors (Lipinski definition) is 1. The van der Waals surface area contributed by atoms with Gasteiger partial charge in [0.05, 0.1) is 13.2 Å². The first-order valence-corrected chi connectivity index (χ1v) is 9.69. The average molecular weight is 312 g/mol. The van der Waals surface area contributed by atoms with Crippen LogP contribution < -0.4 is 0 Å². The zero-order valence-corrected chi connectivity index (χ0v) is 14.4. The van der Waals surface area contributed by atoms with Crippen LogP contribution in [0.2, 0.25) is 0 Å². The first-order chi connectivity index (χ1) is 10.8. The molecule has 3 nitrogen and oxygen atoms in total. The molecule has 2 aliphatic rings.